The van der Waals surface area contributed by atoms with Crippen molar-refractivity contribution in [2.45, 2.75) is 6.54 Å². The SMILES string of the molecule is N#CCNC(=O)c1ccc(F)c(NCc2cnc(Nc3ccccn3)s2)c1. The number of carbonyl (C=O) groups excluding carboxylic acids is 1. The third-order valence-corrected chi connectivity index (χ3v) is 4.38. The first-order chi connectivity index (χ1) is 13.2. The van der Waals surface area contributed by atoms with Crippen LogP contribution < -0.4 is 16.0 Å². The fraction of sp³-hybridized carbons (Fsp3) is 0.111. The van der Waals surface area contributed by atoms with Gasteiger partial charge >= 0.3 is 0 Å². The zero-order chi connectivity index (χ0) is 19.1. The van der Waals surface area contributed by atoms with Crippen LogP contribution in [0.15, 0.2) is 48.8 Å². The number of thiazole rings is 1. The first kappa shape index (κ1) is 18.3. The van der Waals surface area contributed by atoms with E-state index in [0.717, 1.165) is 4.88 Å². The maximum atomic E-state index is 14.0. The van der Waals surface area contributed by atoms with E-state index in [4.69, 9.17) is 5.26 Å². The first-order valence-corrected chi connectivity index (χ1v) is 8.78. The van der Waals surface area contributed by atoms with Gasteiger partial charge in [0.15, 0.2) is 5.13 Å². The molecule has 7 nitrogen and oxygen atoms in total. The predicted octanol–water partition coefficient (Wildman–Crippen LogP) is 3.29. The molecule has 9 heteroatoms. The van der Waals surface area contributed by atoms with E-state index in [1.165, 1.54) is 29.5 Å². The average molecular weight is 382 g/mol. The zero-order valence-electron chi connectivity index (χ0n) is 14.1. The van der Waals surface area contributed by atoms with Crippen LogP contribution in [-0.2, 0) is 6.54 Å². The first-order valence-electron chi connectivity index (χ1n) is 7.97. The lowest BCUT2D eigenvalue weighted by molar-refractivity contribution is 0.0958. The maximum absolute atomic E-state index is 14.0. The number of amides is 1. The van der Waals surface area contributed by atoms with Crippen LogP contribution in [0.3, 0.4) is 0 Å². The fourth-order valence-corrected chi connectivity index (χ4v) is 2.96. The van der Waals surface area contributed by atoms with Gasteiger partial charge in [0.2, 0.25) is 0 Å². The van der Waals surface area contributed by atoms with Crippen molar-refractivity contribution in [1.29, 1.82) is 5.26 Å². The van der Waals surface area contributed by atoms with Gasteiger partial charge in [-0.1, -0.05) is 17.4 Å². The molecule has 136 valence electrons. The Hall–Kier alpha value is -3.51. The molecule has 1 aromatic carbocycles. The molecule has 0 aliphatic rings. The molecule has 3 N–H and O–H groups in total. The zero-order valence-corrected chi connectivity index (χ0v) is 14.9. The normalized spacial score (nSPS) is 10.1. The highest BCUT2D eigenvalue weighted by atomic mass is 32.1. The number of nitrogens with one attached hydrogen (secondary N) is 3. The van der Waals surface area contributed by atoms with Crippen molar-refractivity contribution in [1.82, 2.24) is 15.3 Å². The molecule has 0 aliphatic heterocycles. The molecule has 0 saturated heterocycles. The number of nitriles is 1. The second-order valence-electron chi connectivity index (χ2n) is 5.36. The van der Waals surface area contributed by atoms with Gasteiger partial charge in [0.1, 0.15) is 18.2 Å². The Bertz CT molecular complexity index is 969. The highest BCUT2D eigenvalue weighted by Crippen LogP contribution is 2.23. The Labute approximate surface area is 158 Å². The summed E-state index contributed by atoms with van der Waals surface area (Å²) in [6, 6.07) is 11.3. The molecule has 2 heterocycles. The number of pyridine rings is 1. The molecule has 3 aromatic rings. The smallest absolute Gasteiger partial charge is 0.252 e. The molecule has 0 atom stereocenters. The van der Waals surface area contributed by atoms with Crippen LogP contribution in [0.25, 0.3) is 0 Å². The number of rotatable bonds is 7. The molecule has 0 fully saturated rings. The van der Waals surface area contributed by atoms with Crippen LogP contribution in [-0.4, -0.2) is 22.4 Å². The highest BCUT2D eigenvalue weighted by Gasteiger charge is 2.10. The second-order valence-corrected chi connectivity index (χ2v) is 6.48. The van der Waals surface area contributed by atoms with E-state index in [-0.39, 0.29) is 17.8 Å². The third-order valence-electron chi connectivity index (χ3n) is 3.46. The molecule has 3 rings (SSSR count). The summed E-state index contributed by atoms with van der Waals surface area (Å²) < 4.78 is 14.0. The molecule has 0 bridgehead atoms. The molecular formula is C18H15FN6OS. The van der Waals surface area contributed by atoms with Crippen molar-refractivity contribution in [3.8, 4) is 6.07 Å². The average Bonchev–Trinajstić information content (AvgIpc) is 3.13. The van der Waals surface area contributed by atoms with E-state index in [1.807, 2.05) is 24.3 Å². The van der Waals surface area contributed by atoms with Crippen molar-refractivity contribution >= 4 is 33.9 Å². The molecule has 0 radical (unpaired) electrons. The van der Waals surface area contributed by atoms with Crippen molar-refractivity contribution in [3.63, 3.8) is 0 Å². The Morgan fingerprint density at radius 1 is 1.26 bits per heavy atom. The summed E-state index contributed by atoms with van der Waals surface area (Å²) in [6.45, 7) is 0.244. The number of hydrogen-bond donors (Lipinski definition) is 3. The topological polar surface area (TPSA) is 103 Å². The summed E-state index contributed by atoms with van der Waals surface area (Å²) in [5.41, 5.74) is 0.475. The Morgan fingerprint density at radius 2 is 2.15 bits per heavy atom. The number of hydrogen-bond acceptors (Lipinski definition) is 7. The molecule has 0 saturated carbocycles. The van der Waals surface area contributed by atoms with Crippen LogP contribution in [0.2, 0.25) is 0 Å². The highest BCUT2D eigenvalue weighted by molar-refractivity contribution is 7.15. The molecule has 27 heavy (non-hydrogen) atoms. The van der Waals surface area contributed by atoms with E-state index in [9.17, 15) is 9.18 Å². The maximum Gasteiger partial charge on any atom is 0.252 e. The van der Waals surface area contributed by atoms with Gasteiger partial charge in [0, 0.05) is 22.8 Å². The van der Waals surface area contributed by atoms with Gasteiger partial charge in [-0.25, -0.2) is 14.4 Å². The molecular weight excluding hydrogens is 367 g/mol. The number of benzene rings is 1. The lowest BCUT2D eigenvalue weighted by Gasteiger charge is -2.08. The van der Waals surface area contributed by atoms with Gasteiger partial charge in [-0.05, 0) is 30.3 Å². The fourth-order valence-electron chi connectivity index (χ4n) is 2.20. The number of aromatic nitrogens is 2. The largest absolute Gasteiger partial charge is 0.378 e. The van der Waals surface area contributed by atoms with E-state index in [2.05, 4.69) is 25.9 Å². The summed E-state index contributed by atoms with van der Waals surface area (Å²) in [7, 11) is 0. The third kappa shape index (κ3) is 4.99. The van der Waals surface area contributed by atoms with E-state index in [1.54, 1.807) is 12.4 Å². The Kier molecular flexibility index (Phi) is 5.91. The second kappa shape index (κ2) is 8.73. The summed E-state index contributed by atoms with van der Waals surface area (Å²) in [5, 5.41) is 17.7. The summed E-state index contributed by atoms with van der Waals surface area (Å²) >= 11 is 1.41. The van der Waals surface area contributed by atoms with Crippen LogP contribution in [0.4, 0.5) is 21.0 Å². The quantitative estimate of drug-likeness (QED) is 0.542. The van der Waals surface area contributed by atoms with E-state index in [0.29, 0.717) is 17.5 Å². The summed E-state index contributed by atoms with van der Waals surface area (Å²) in [4.78, 5) is 21.2. The van der Waals surface area contributed by atoms with Gasteiger partial charge in [0.05, 0.1) is 18.3 Å². The van der Waals surface area contributed by atoms with Gasteiger partial charge in [-0.2, -0.15) is 5.26 Å². The van der Waals surface area contributed by atoms with E-state index >= 15 is 0 Å². The number of anilines is 3. The molecule has 1 amide bonds. The van der Waals surface area contributed by atoms with Gasteiger partial charge < -0.3 is 16.0 Å². The van der Waals surface area contributed by atoms with Crippen LogP contribution in [0.5, 0.6) is 0 Å². The van der Waals surface area contributed by atoms with Crippen LogP contribution in [0.1, 0.15) is 15.2 Å². The lowest BCUT2D eigenvalue weighted by atomic mass is 10.1. The molecule has 0 aliphatic carbocycles. The number of nitrogens with zero attached hydrogens (tertiary/aromatic N) is 3. The molecule has 2 aromatic heterocycles. The van der Waals surface area contributed by atoms with Gasteiger partial charge in [-0.15, -0.1) is 0 Å². The van der Waals surface area contributed by atoms with Crippen molar-refractivity contribution in [2.75, 3.05) is 17.2 Å². The minimum atomic E-state index is -0.469. The van der Waals surface area contributed by atoms with Crippen molar-refractivity contribution < 1.29 is 9.18 Å². The van der Waals surface area contributed by atoms with Gasteiger partial charge in [0.25, 0.3) is 5.91 Å². The summed E-state index contributed by atoms with van der Waals surface area (Å²) in [5.74, 6) is -0.212. The predicted molar refractivity (Wildman–Crippen MR) is 101 cm³/mol. The number of carbonyl (C=O) groups is 1. The standard InChI is InChI=1S/C18H15FN6OS/c19-14-5-4-12(17(26)22-8-6-20)9-15(14)23-10-13-11-24-18(27-13)25-16-3-1-2-7-21-16/h1-5,7,9,11,23H,8,10H2,(H,22,26)(H,21,24,25). The van der Waals surface area contributed by atoms with Crippen LogP contribution >= 0.6 is 11.3 Å². The lowest BCUT2D eigenvalue weighted by Crippen LogP contribution is -2.23. The Balaban J connectivity index is 1.63. The Morgan fingerprint density at radius 3 is 2.93 bits per heavy atom. The van der Waals surface area contributed by atoms with Crippen LogP contribution in [0, 0.1) is 17.1 Å². The van der Waals surface area contributed by atoms with Gasteiger partial charge in [-0.3, -0.25) is 4.79 Å². The van der Waals surface area contributed by atoms with Crippen molar-refractivity contribution in [2.24, 2.45) is 0 Å². The minimum absolute atomic E-state index is 0.105. The number of halogens is 1. The summed E-state index contributed by atoms with van der Waals surface area (Å²) in [6.07, 6.45) is 3.37. The van der Waals surface area contributed by atoms with E-state index < -0.39 is 11.7 Å². The van der Waals surface area contributed by atoms with Crippen molar-refractivity contribution in [3.05, 3.63) is 65.0 Å². The minimum Gasteiger partial charge on any atom is -0.378 e. The monoisotopic (exact) mass is 382 g/mol. The molecule has 0 spiro atoms. The molecule has 0 unspecified atom stereocenters.